The summed E-state index contributed by atoms with van der Waals surface area (Å²) in [7, 11) is 0. The van der Waals surface area contributed by atoms with E-state index in [1.54, 1.807) is 0 Å². The minimum Gasteiger partial charge on any atom is -0.466 e. The maximum absolute atomic E-state index is 11.9. The first-order chi connectivity index (χ1) is 15.4. The summed E-state index contributed by atoms with van der Waals surface area (Å²) < 4.78 is 11.0. The van der Waals surface area contributed by atoms with Crippen LogP contribution in [0.3, 0.4) is 0 Å². The summed E-state index contributed by atoms with van der Waals surface area (Å²) in [5.41, 5.74) is 10.5. The number of allylic oxidation sites excluding steroid dienone is 2. The van der Waals surface area contributed by atoms with E-state index in [-0.39, 0.29) is 23.4 Å². The van der Waals surface area contributed by atoms with Gasteiger partial charge in [-0.3, -0.25) is 10.2 Å². The van der Waals surface area contributed by atoms with Crippen LogP contribution in [0.2, 0.25) is 0 Å². The van der Waals surface area contributed by atoms with Crippen LogP contribution in [0.1, 0.15) is 57.9 Å². The Hall–Kier alpha value is -2.54. The average Bonchev–Trinajstić information content (AvgIpc) is 3.64. The quantitative estimate of drug-likeness (QED) is 0.237. The molecular formula is C25H34N4O3. The van der Waals surface area contributed by atoms with Gasteiger partial charge in [-0.05, 0) is 76.1 Å². The summed E-state index contributed by atoms with van der Waals surface area (Å²) in [5.74, 6) is 0.487. The van der Waals surface area contributed by atoms with Crippen molar-refractivity contribution in [2.24, 2.45) is 11.7 Å². The van der Waals surface area contributed by atoms with Crippen molar-refractivity contribution in [2.75, 3.05) is 18.1 Å². The van der Waals surface area contributed by atoms with Gasteiger partial charge in [0, 0.05) is 29.5 Å². The molecular weight excluding hydrogens is 404 g/mol. The van der Waals surface area contributed by atoms with Crippen LogP contribution in [0.4, 0.5) is 5.69 Å². The van der Waals surface area contributed by atoms with E-state index < -0.39 is 0 Å². The minimum atomic E-state index is -0.140. The van der Waals surface area contributed by atoms with Gasteiger partial charge in [0.25, 0.3) is 0 Å². The number of rotatable bonds is 9. The number of hydrogen-bond acceptors (Lipinski definition) is 6. The maximum atomic E-state index is 11.9. The SMILES string of the molecule is CCOC(=O)CC(C)NC(CC1CCCN(c2ccc(C(=N)N)cc2)C12C1OC12)=C1CC1. The van der Waals surface area contributed by atoms with E-state index in [1.165, 1.54) is 23.4 Å². The molecule has 32 heavy (non-hydrogen) atoms. The van der Waals surface area contributed by atoms with E-state index in [9.17, 15) is 4.79 Å². The molecule has 0 radical (unpaired) electrons. The van der Waals surface area contributed by atoms with Crippen LogP contribution in [0.5, 0.6) is 0 Å². The van der Waals surface area contributed by atoms with Gasteiger partial charge in [-0.1, -0.05) is 5.57 Å². The number of nitrogens with zero attached hydrogens (tertiary/aromatic N) is 1. The number of nitrogens with one attached hydrogen (secondary N) is 2. The number of nitrogens with two attached hydrogens (primary N) is 1. The number of hydrogen-bond donors (Lipinski definition) is 3. The van der Waals surface area contributed by atoms with Crippen molar-refractivity contribution >= 4 is 17.5 Å². The molecule has 0 aromatic heterocycles. The van der Waals surface area contributed by atoms with Gasteiger partial charge in [0.1, 0.15) is 23.6 Å². The number of anilines is 1. The molecule has 1 aromatic carbocycles. The number of nitrogen functional groups attached to an aromatic ring is 1. The molecule has 4 fully saturated rings. The Morgan fingerprint density at radius 3 is 2.62 bits per heavy atom. The molecule has 0 amide bonds. The Labute approximate surface area is 189 Å². The molecule has 4 N–H and O–H groups in total. The van der Waals surface area contributed by atoms with Crippen molar-refractivity contribution in [3.63, 3.8) is 0 Å². The van der Waals surface area contributed by atoms with E-state index in [0.717, 1.165) is 37.8 Å². The largest absolute Gasteiger partial charge is 0.466 e. The smallest absolute Gasteiger partial charge is 0.307 e. The van der Waals surface area contributed by atoms with Crippen molar-refractivity contribution in [3.8, 4) is 0 Å². The second-order valence-corrected chi connectivity index (χ2v) is 9.66. The van der Waals surface area contributed by atoms with E-state index in [2.05, 4.69) is 29.3 Å². The minimum absolute atomic E-state index is 0.0666. The molecule has 172 valence electrons. The number of piperidine rings is 1. The lowest BCUT2D eigenvalue weighted by Gasteiger charge is -2.47. The summed E-state index contributed by atoms with van der Waals surface area (Å²) in [5, 5.41) is 11.3. The van der Waals surface area contributed by atoms with E-state index in [0.29, 0.717) is 31.2 Å². The number of epoxide rings is 1. The summed E-state index contributed by atoms with van der Waals surface area (Å²) in [6.07, 6.45) is 6.75. The van der Waals surface area contributed by atoms with Crippen LogP contribution in [-0.4, -0.2) is 48.7 Å². The second-order valence-electron chi connectivity index (χ2n) is 9.66. The zero-order chi connectivity index (χ0) is 22.5. The molecule has 5 rings (SSSR count). The highest BCUT2D eigenvalue weighted by Gasteiger charge is 2.85. The standard InChI is InChI=1S/C25H34N4O3/c1-3-31-21(30)13-15(2)28-20(16-6-7-16)14-18-5-4-12-29(25(18)22-23(25)32-22)19-10-8-17(9-11-19)24(26)27/h8-11,15,18,22-23,28H,3-7,12-14H2,1-2H3,(H3,26,27). The number of esters is 1. The predicted octanol–water partition coefficient (Wildman–Crippen LogP) is 3.08. The molecule has 2 aliphatic heterocycles. The highest BCUT2D eigenvalue weighted by molar-refractivity contribution is 5.95. The number of carbonyl (C=O) groups excluding carboxylic acids is 1. The second kappa shape index (κ2) is 8.10. The van der Waals surface area contributed by atoms with E-state index >= 15 is 0 Å². The molecule has 7 nitrogen and oxygen atoms in total. The zero-order valence-corrected chi connectivity index (χ0v) is 19.0. The molecule has 1 aromatic rings. The molecule has 2 saturated heterocycles. The fraction of sp³-hybridized carbons (Fsp3) is 0.600. The maximum Gasteiger partial charge on any atom is 0.307 e. The van der Waals surface area contributed by atoms with Crippen molar-refractivity contribution in [1.82, 2.24) is 5.32 Å². The Bertz CT molecular complexity index is 927. The van der Waals surface area contributed by atoms with Gasteiger partial charge in [-0.25, -0.2) is 0 Å². The molecule has 2 saturated carbocycles. The number of carbonyl (C=O) groups is 1. The molecule has 7 heteroatoms. The molecule has 4 atom stereocenters. The highest BCUT2D eigenvalue weighted by atomic mass is 16.6. The third-order valence-corrected chi connectivity index (χ3v) is 7.42. The van der Waals surface area contributed by atoms with Crippen LogP contribution >= 0.6 is 0 Å². The predicted molar refractivity (Wildman–Crippen MR) is 124 cm³/mol. The lowest BCUT2D eigenvalue weighted by atomic mass is 9.81. The van der Waals surface area contributed by atoms with Gasteiger partial charge in [-0.2, -0.15) is 0 Å². The summed E-state index contributed by atoms with van der Waals surface area (Å²) >= 11 is 0. The normalized spacial score (nSPS) is 30.4. The number of ether oxygens (including phenoxy) is 2. The molecule has 2 heterocycles. The van der Waals surface area contributed by atoms with Crippen LogP contribution in [0.25, 0.3) is 0 Å². The fourth-order valence-electron chi connectivity index (χ4n) is 5.68. The van der Waals surface area contributed by atoms with Gasteiger partial charge >= 0.3 is 5.97 Å². The van der Waals surface area contributed by atoms with Crippen molar-refractivity contribution in [2.45, 2.75) is 76.2 Å². The lowest BCUT2D eigenvalue weighted by Crippen LogP contribution is -2.55. The van der Waals surface area contributed by atoms with Gasteiger partial charge in [0.2, 0.25) is 0 Å². The summed E-state index contributed by atoms with van der Waals surface area (Å²) in [6.45, 7) is 5.37. The molecule has 2 aliphatic carbocycles. The number of benzene rings is 1. The first-order valence-corrected chi connectivity index (χ1v) is 12.0. The van der Waals surface area contributed by atoms with Gasteiger partial charge in [-0.15, -0.1) is 0 Å². The summed E-state index contributed by atoms with van der Waals surface area (Å²) in [6, 6.07) is 8.15. The van der Waals surface area contributed by atoms with Gasteiger partial charge < -0.3 is 25.4 Å². The summed E-state index contributed by atoms with van der Waals surface area (Å²) in [4.78, 5) is 14.5. The monoisotopic (exact) mass is 438 g/mol. The molecule has 4 aliphatic rings. The zero-order valence-electron chi connectivity index (χ0n) is 19.0. The Kier molecular flexibility index (Phi) is 5.40. The van der Waals surface area contributed by atoms with E-state index in [4.69, 9.17) is 20.6 Å². The fourth-order valence-corrected chi connectivity index (χ4v) is 5.68. The van der Waals surface area contributed by atoms with Crippen molar-refractivity contribution in [1.29, 1.82) is 5.41 Å². The third-order valence-electron chi connectivity index (χ3n) is 7.42. The molecule has 4 unspecified atom stereocenters. The Balaban J connectivity index is 1.31. The molecule has 1 spiro atoms. The first kappa shape index (κ1) is 21.3. The van der Waals surface area contributed by atoms with Crippen LogP contribution < -0.4 is 16.0 Å². The van der Waals surface area contributed by atoms with Crippen LogP contribution in [0, 0.1) is 11.3 Å². The highest BCUT2D eigenvalue weighted by Crippen LogP contribution is 2.68. The third kappa shape index (κ3) is 3.76. The van der Waals surface area contributed by atoms with Crippen molar-refractivity contribution < 1.29 is 14.3 Å². The van der Waals surface area contributed by atoms with Crippen molar-refractivity contribution in [3.05, 3.63) is 41.1 Å². The average molecular weight is 439 g/mol. The first-order valence-electron chi connectivity index (χ1n) is 12.0. The van der Waals surface area contributed by atoms with Crippen LogP contribution in [0.15, 0.2) is 35.5 Å². The van der Waals surface area contributed by atoms with Crippen LogP contribution in [-0.2, 0) is 14.3 Å². The van der Waals surface area contributed by atoms with Gasteiger partial charge in [0.15, 0.2) is 0 Å². The van der Waals surface area contributed by atoms with Gasteiger partial charge in [0.05, 0.1) is 13.0 Å². The lowest BCUT2D eigenvalue weighted by molar-refractivity contribution is -0.143. The van der Waals surface area contributed by atoms with E-state index in [1.807, 2.05) is 19.1 Å². The Morgan fingerprint density at radius 2 is 2.06 bits per heavy atom. The Morgan fingerprint density at radius 1 is 1.34 bits per heavy atom. The number of amidine groups is 1. The topological polar surface area (TPSA) is 104 Å². The number of fused-ring (bicyclic) bond motifs is 3. The molecule has 0 bridgehead atoms.